The number of anilines is 2. The molecular formula is C30H40N6O3. The Hall–Kier alpha value is -3.46. The summed E-state index contributed by atoms with van der Waals surface area (Å²) in [6.07, 6.45) is 6.52. The van der Waals surface area contributed by atoms with E-state index >= 15 is 0 Å². The highest BCUT2D eigenvalue weighted by Crippen LogP contribution is 2.40. The van der Waals surface area contributed by atoms with Gasteiger partial charge in [0.2, 0.25) is 11.9 Å². The van der Waals surface area contributed by atoms with Gasteiger partial charge in [-0.1, -0.05) is 57.5 Å². The first-order valence-electron chi connectivity index (χ1n) is 14.1. The molecule has 2 aliphatic heterocycles. The van der Waals surface area contributed by atoms with Gasteiger partial charge in [-0.2, -0.15) is 4.98 Å². The smallest absolute Gasteiger partial charge is 0.415 e. The zero-order valence-corrected chi connectivity index (χ0v) is 23.3. The topological polar surface area (TPSA) is 90.9 Å². The SMILES string of the molecule is C=CC(=O)N1CCN(C(CC2CC2)c2ccc([C@H](C)Nc3nccc(N4C(=O)OCC4C(C)C)n3)cc2)CC1. The predicted molar refractivity (Wildman–Crippen MR) is 151 cm³/mol. The summed E-state index contributed by atoms with van der Waals surface area (Å²) in [5.41, 5.74) is 2.46. The highest BCUT2D eigenvalue weighted by molar-refractivity contribution is 5.89. The third-order valence-corrected chi connectivity index (χ3v) is 8.22. The molecule has 1 aliphatic carbocycles. The minimum Gasteiger partial charge on any atom is -0.447 e. The summed E-state index contributed by atoms with van der Waals surface area (Å²) in [6.45, 7) is 13.5. The van der Waals surface area contributed by atoms with Gasteiger partial charge < -0.3 is 15.0 Å². The first kappa shape index (κ1) is 27.1. The molecule has 0 radical (unpaired) electrons. The number of hydrogen-bond donors (Lipinski definition) is 1. The molecule has 208 valence electrons. The number of nitrogens with one attached hydrogen (secondary N) is 1. The van der Waals surface area contributed by atoms with Crippen molar-refractivity contribution in [3.05, 3.63) is 60.3 Å². The number of ether oxygens (including phenoxy) is 1. The quantitative estimate of drug-likeness (QED) is 0.440. The third kappa shape index (κ3) is 6.24. The number of cyclic esters (lactones) is 1. The highest BCUT2D eigenvalue weighted by Gasteiger charge is 2.37. The number of nitrogens with zero attached hydrogens (tertiary/aromatic N) is 5. The maximum absolute atomic E-state index is 12.4. The molecule has 0 bridgehead atoms. The number of amides is 2. The second kappa shape index (κ2) is 11.7. The molecule has 9 heteroatoms. The molecule has 3 heterocycles. The van der Waals surface area contributed by atoms with Crippen molar-refractivity contribution in [3.63, 3.8) is 0 Å². The van der Waals surface area contributed by atoms with E-state index in [1.165, 1.54) is 30.9 Å². The summed E-state index contributed by atoms with van der Waals surface area (Å²) in [6, 6.07) is 10.9. The summed E-state index contributed by atoms with van der Waals surface area (Å²) >= 11 is 0. The molecule has 0 spiro atoms. The Bertz CT molecular complexity index is 1170. The van der Waals surface area contributed by atoms with Gasteiger partial charge in [0.05, 0.1) is 12.1 Å². The van der Waals surface area contributed by atoms with E-state index in [2.05, 4.69) is 71.8 Å². The number of aromatic nitrogens is 2. The summed E-state index contributed by atoms with van der Waals surface area (Å²) < 4.78 is 5.29. The van der Waals surface area contributed by atoms with Crippen molar-refractivity contribution in [3.8, 4) is 0 Å². The van der Waals surface area contributed by atoms with Crippen LogP contribution >= 0.6 is 0 Å². The maximum atomic E-state index is 12.4. The Balaban J connectivity index is 1.25. The zero-order chi connectivity index (χ0) is 27.5. The molecule has 2 unspecified atom stereocenters. The van der Waals surface area contributed by atoms with E-state index in [0.717, 1.165) is 37.7 Å². The van der Waals surface area contributed by atoms with Gasteiger partial charge in [0, 0.05) is 38.4 Å². The highest BCUT2D eigenvalue weighted by atomic mass is 16.6. The largest absolute Gasteiger partial charge is 0.447 e. The summed E-state index contributed by atoms with van der Waals surface area (Å²) in [4.78, 5) is 39.5. The third-order valence-electron chi connectivity index (χ3n) is 8.22. The summed E-state index contributed by atoms with van der Waals surface area (Å²) in [5, 5.41) is 3.40. The predicted octanol–water partition coefficient (Wildman–Crippen LogP) is 4.80. The van der Waals surface area contributed by atoms with Crippen LogP contribution < -0.4 is 10.2 Å². The molecule has 1 N–H and O–H groups in total. The fourth-order valence-corrected chi connectivity index (χ4v) is 5.58. The Labute approximate surface area is 231 Å². The summed E-state index contributed by atoms with van der Waals surface area (Å²) in [7, 11) is 0. The Morgan fingerprint density at radius 1 is 1.10 bits per heavy atom. The van der Waals surface area contributed by atoms with Gasteiger partial charge in [0.15, 0.2) is 0 Å². The van der Waals surface area contributed by atoms with Crippen LogP contribution in [0.5, 0.6) is 0 Å². The van der Waals surface area contributed by atoms with E-state index < -0.39 is 0 Å². The van der Waals surface area contributed by atoms with Gasteiger partial charge in [-0.05, 0) is 48.4 Å². The van der Waals surface area contributed by atoms with Gasteiger partial charge in [-0.15, -0.1) is 0 Å². The lowest BCUT2D eigenvalue weighted by Gasteiger charge is -2.39. The van der Waals surface area contributed by atoms with E-state index in [4.69, 9.17) is 4.74 Å². The molecule has 3 aliphatic rings. The average molecular weight is 533 g/mol. The van der Waals surface area contributed by atoms with Crippen molar-refractivity contribution in [2.45, 2.75) is 58.2 Å². The van der Waals surface area contributed by atoms with Crippen molar-refractivity contribution in [1.82, 2.24) is 19.8 Å². The van der Waals surface area contributed by atoms with Gasteiger partial charge in [0.1, 0.15) is 12.4 Å². The molecule has 2 amide bonds. The van der Waals surface area contributed by atoms with Crippen molar-refractivity contribution in [1.29, 1.82) is 0 Å². The minimum atomic E-state index is -0.364. The lowest BCUT2D eigenvalue weighted by atomic mass is 9.96. The van der Waals surface area contributed by atoms with Crippen LogP contribution in [0.4, 0.5) is 16.6 Å². The fraction of sp³-hybridized carbons (Fsp3) is 0.533. The molecule has 2 aromatic rings. The number of rotatable bonds is 10. The van der Waals surface area contributed by atoms with Gasteiger partial charge in [-0.25, -0.2) is 9.78 Å². The van der Waals surface area contributed by atoms with Gasteiger partial charge in [0.25, 0.3) is 0 Å². The zero-order valence-electron chi connectivity index (χ0n) is 23.3. The lowest BCUT2D eigenvalue weighted by Crippen LogP contribution is -2.49. The van der Waals surface area contributed by atoms with Gasteiger partial charge in [-0.3, -0.25) is 14.6 Å². The molecule has 2 saturated heterocycles. The van der Waals surface area contributed by atoms with Crippen LogP contribution in [0, 0.1) is 11.8 Å². The number of carbonyl (C=O) groups is 2. The van der Waals surface area contributed by atoms with E-state index in [0.29, 0.717) is 24.4 Å². The van der Waals surface area contributed by atoms with Crippen molar-refractivity contribution in [2.75, 3.05) is 43.0 Å². The first-order valence-corrected chi connectivity index (χ1v) is 14.1. The monoisotopic (exact) mass is 532 g/mol. The molecule has 1 aromatic heterocycles. The molecule has 39 heavy (non-hydrogen) atoms. The van der Waals surface area contributed by atoms with Crippen LogP contribution in [0.2, 0.25) is 0 Å². The molecule has 9 nitrogen and oxygen atoms in total. The fourth-order valence-electron chi connectivity index (χ4n) is 5.58. The summed E-state index contributed by atoms with van der Waals surface area (Å²) in [5.74, 6) is 2.10. The first-order chi connectivity index (χ1) is 18.8. The number of benzene rings is 1. The van der Waals surface area contributed by atoms with E-state index in [1.54, 1.807) is 17.2 Å². The van der Waals surface area contributed by atoms with Crippen molar-refractivity contribution < 1.29 is 14.3 Å². The molecule has 5 rings (SSSR count). The molecule has 3 fully saturated rings. The van der Waals surface area contributed by atoms with E-state index in [1.807, 2.05) is 4.90 Å². The van der Waals surface area contributed by atoms with Crippen LogP contribution in [-0.2, 0) is 9.53 Å². The van der Waals surface area contributed by atoms with Crippen LogP contribution in [0.15, 0.2) is 49.2 Å². The molecule has 1 aromatic carbocycles. The van der Waals surface area contributed by atoms with Crippen molar-refractivity contribution in [2.24, 2.45) is 11.8 Å². The number of carbonyl (C=O) groups excluding carboxylic acids is 2. The van der Waals surface area contributed by atoms with Crippen LogP contribution in [0.3, 0.4) is 0 Å². The van der Waals surface area contributed by atoms with Crippen molar-refractivity contribution >= 4 is 23.8 Å². The van der Waals surface area contributed by atoms with E-state index in [-0.39, 0.29) is 30.0 Å². The molecular weight excluding hydrogens is 492 g/mol. The van der Waals surface area contributed by atoms with E-state index in [9.17, 15) is 9.59 Å². The number of piperazine rings is 1. The average Bonchev–Trinajstić information content (AvgIpc) is 3.69. The second-order valence-corrected chi connectivity index (χ2v) is 11.3. The minimum absolute atomic E-state index is 0.0175. The lowest BCUT2D eigenvalue weighted by molar-refractivity contribution is -0.128. The maximum Gasteiger partial charge on any atom is 0.415 e. The van der Waals surface area contributed by atoms with Crippen LogP contribution in [0.1, 0.15) is 63.2 Å². The van der Waals surface area contributed by atoms with Crippen LogP contribution in [0.25, 0.3) is 0 Å². The Kier molecular flexibility index (Phi) is 8.16. The Morgan fingerprint density at radius 3 is 2.44 bits per heavy atom. The van der Waals surface area contributed by atoms with Crippen LogP contribution in [-0.4, -0.2) is 70.6 Å². The normalized spacial score (nSPS) is 21.5. The van der Waals surface area contributed by atoms with Gasteiger partial charge >= 0.3 is 6.09 Å². The second-order valence-electron chi connectivity index (χ2n) is 11.3. The number of hydrogen-bond acceptors (Lipinski definition) is 7. The molecule has 1 saturated carbocycles. The standard InChI is InChI=1S/C30H40N6O3/c1-5-28(37)35-16-14-34(15-17-35)25(18-22-6-7-22)24-10-8-23(9-11-24)21(4)32-29-31-13-12-27(33-29)36-26(20(2)3)19-39-30(36)38/h5,8-13,20-22,25-26H,1,6-7,14-19H2,2-4H3,(H,31,32,33)/t21-,25?,26?/m0/s1. The molecule has 3 atom stereocenters. The Morgan fingerprint density at radius 2 is 1.79 bits per heavy atom.